The predicted octanol–water partition coefficient (Wildman–Crippen LogP) is 0.999. The lowest BCUT2D eigenvalue weighted by molar-refractivity contribution is 0.0288. The minimum Gasteiger partial charge on any atom is -0.393 e. The van der Waals surface area contributed by atoms with Gasteiger partial charge < -0.3 is 10.0 Å². The summed E-state index contributed by atoms with van der Waals surface area (Å²) in [6.45, 7) is 2.33. The molecule has 0 aromatic carbocycles. The van der Waals surface area contributed by atoms with Gasteiger partial charge in [-0.15, -0.1) is 0 Å². The highest BCUT2D eigenvalue weighted by molar-refractivity contribution is 4.80. The molecule has 1 aliphatic carbocycles. The molecule has 0 saturated heterocycles. The van der Waals surface area contributed by atoms with Crippen LogP contribution >= 0.6 is 0 Å². The van der Waals surface area contributed by atoms with E-state index in [1.807, 2.05) is 7.05 Å². The van der Waals surface area contributed by atoms with Crippen molar-refractivity contribution in [1.82, 2.24) is 4.90 Å². The molecule has 1 fully saturated rings. The second-order valence-electron chi connectivity index (χ2n) is 3.71. The van der Waals surface area contributed by atoms with Crippen molar-refractivity contribution >= 4 is 0 Å². The lowest BCUT2D eigenvalue weighted by atomic mass is 9.82. The molecule has 1 aliphatic rings. The second-order valence-corrected chi connectivity index (χ2v) is 3.71. The fourth-order valence-corrected chi connectivity index (χ4v) is 1.64. The lowest BCUT2D eigenvalue weighted by Crippen LogP contribution is -2.37. The van der Waals surface area contributed by atoms with Gasteiger partial charge in [-0.1, -0.05) is 5.11 Å². The number of aliphatic hydroxyl groups is 1. The summed E-state index contributed by atoms with van der Waals surface area (Å²) in [7, 11) is 2.01. The van der Waals surface area contributed by atoms with Crippen molar-refractivity contribution in [3.05, 3.63) is 10.4 Å². The van der Waals surface area contributed by atoms with Gasteiger partial charge in [0, 0.05) is 24.5 Å². The number of azide groups is 1. The molecule has 13 heavy (non-hydrogen) atoms. The molecule has 0 atom stereocenters. The third kappa shape index (κ3) is 3.63. The molecule has 5 heteroatoms. The van der Waals surface area contributed by atoms with Crippen LogP contribution in [0.15, 0.2) is 5.11 Å². The summed E-state index contributed by atoms with van der Waals surface area (Å²) < 4.78 is 0. The van der Waals surface area contributed by atoms with Crippen molar-refractivity contribution in [2.24, 2.45) is 11.0 Å². The van der Waals surface area contributed by atoms with Crippen LogP contribution in [-0.4, -0.2) is 42.8 Å². The van der Waals surface area contributed by atoms with Crippen LogP contribution < -0.4 is 0 Å². The SMILES string of the molecule is CN(CCN=[N+]=[N-])CC1CC(O)C1. The summed E-state index contributed by atoms with van der Waals surface area (Å²) in [5.74, 6) is 0.631. The first-order valence-corrected chi connectivity index (χ1v) is 4.60. The van der Waals surface area contributed by atoms with E-state index in [1.165, 1.54) is 0 Å². The van der Waals surface area contributed by atoms with E-state index in [1.54, 1.807) is 0 Å². The maximum absolute atomic E-state index is 9.06. The molecule has 74 valence electrons. The molecular weight excluding hydrogens is 168 g/mol. The first kappa shape index (κ1) is 10.3. The van der Waals surface area contributed by atoms with Gasteiger partial charge in [-0.3, -0.25) is 0 Å². The highest BCUT2D eigenvalue weighted by atomic mass is 16.3. The van der Waals surface area contributed by atoms with Crippen molar-refractivity contribution in [3.63, 3.8) is 0 Å². The third-order valence-corrected chi connectivity index (χ3v) is 2.43. The van der Waals surface area contributed by atoms with Gasteiger partial charge >= 0.3 is 0 Å². The molecule has 0 aromatic heterocycles. The van der Waals surface area contributed by atoms with Crippen LogP contribution in [0.4, 0.5) is 0 Å². The summed E-state index contributed by atoms with van der Waals surface area (Å²) >= 11 is 0. The Bertz CT molecular complexity index is 196. The smallest absolute Gasteiger partial charge is 0.0546 e. The van der Waals surface area contributed by atoms with E-state index in [0.29, 0.717) is 12.5 Å². The fraction of sp³-hybridized carbons (Fsp3) is 1.00. The number of hydrogen-bond donors (Lipinski definition) is 1. The van der Waals surface area contributed by atoms with E-state index >= 15 is 0 Å². The zero-order chi connectivity index (χ0) is 9.68. The number of aliphatic hydroxyl groups excluding tert-OH is 1. The van der Waals surface area contributed by atoms with Crippen molar-refractivity contribution in [2.75, 3.05) is 26.7 Å². The fourth-order valence-electron chi connectivity index (χ4n) is 1.64. The summed E-state index contributed by atoms with van der Waals surface area (Å²) in [6.07, 6.45) is 1.77. The Balaban J connectivity index is 2.04. The van der Waals surface area contributed by atoms with Crippen LogP contribution in [0.1, 0.15) is 12.8 Å². The zero-order valence-electron chi connectivity index (χ0n) is 7.93. The summed E-state index contributed by atoms with van der Waals surface area (Å²) in [6, 6.07) is 0. The Labute approximate surface area is 78.0 Å². The highest BCUT2D eigenvalue weighted by Crippen LogP contribution is 2.27. The largest absolute Gasteiger partial charge is 0.393 e. The van der Waals surface area contributed by atoms with Crippen molar-refractivity contribution in [2.45, 2.75) is 18.9 Å². The van der Waals surface area contributed by atoms with E-state index in [4.69, 9.17) is 10.6 Å². The van der Waals surface area contributed by atoms with Crippen LogP contribution in [0, 0.1) is 5.92 Å². The highest BCUT2D eigenvalue weighted by Gasteiger charge is 2.27. The van der Waals surface area contributed by atoms with Gasteiger partial charge in [0.05, 0.1) is 6.10 Å². The number of nitrogens with zero attached hydrogens (tertiary/aromatic N) is 4. The van der Waals surface area contributed by atoms with Gasteiger partial charge in [0.2, 0.25) is 0 Å². The number of hydrogen-bond acceptors (Lipinski definition) is 3. The number of likely N-dealkylation sites (N-methyl/N-ethyl adjacent to an activating group) is 1. The Kier molecular flexibility index (Phi) is 4.02. The lowest BCUT2D eigenvalue weighted by Gasteiger charge is -2.34. The molecule has 0 spiro atoms. The third-order valence-electron chi connectivity index (χ3n) is 2.43. The standard InChI is InChI=1S/C8H16N4O/c1-12(3-2-10-11-9)6-7-4-8(13)5-7/h7-8,13H,2-6H2,1H3. The topological polar surface area (TPSA) is 72.2 Å². The molecule has 0 unspecified atom stereocenters. The monoisotopic (exact) mass is 184 g/mol. The maximum atomic E-state index is 9.06. The summed E-state index contributed by atoms with van der Waals surface area (Å²) in [5, 5.41) is 12.5. The van der Waals surface area contributed by atoms with Gasteiger partial charge in [-0.2, -0.15) is 0 Å². The Hall–Kier alpha value is -0.770. The first-order chi connectivity index (χ1) is 6.22. The molecule has 1 saturated carbocycles. The van der Waals surface area contributed by atoms with Crippen LogP contribution in [0.2, 0.25) is 0 Å². The minimum atomic E-state index is -0.0736. The molecule has 0 bridgehead atoms. The van der Waals surface area contributed by atoms with Gasteiger partial charge in [0.25, 0.3) is 0 Å². The molecular formula is C8H16N4O. The Morgan fingerprint density at radius 2 is 2.31 bits per heavy atom. The second kappa shape index (κ2) is 5.07. The van der Waals surface area contributed by atoms with Gasteiger partial charge in [0.15, 0.2) is 0 Å². The van der Waals surface area contributed by atoms with E-state index in [2.05, 4.69) is 14.9 Å². The molecule has 0 aromatic rings. The van der Waals surface area contributed by atoms with E-state index in [9.17, 15) is 0 Å². The van der Waals surface area contributed by atoms with Crippen LogP contribution in [0.3, 0.4) is 0 Å². The van der Waals surface area contributed by atoms with Crippen LogP contribution in [0.25, 0.3) is 10.4 Å². The number of rotatable bonds is 5. The molecule has 0 amide bonds. The predicted molar refractivity (Wildman–Crippen MR) is 50.2 cm³/mol. The van der Waals surface area contributed by atoms with E-state index < -0.39 is 0 Å². The van der Waals surface area contributed by atoms with Gasteiger partial charge in [0.1, 0.15) is 0 Å². The summed E-state index contributed by atoms with van der Waals surface area (Å²) in [5.41, 5.74) is 8.06. The molecule has 1 rings (SSSR count). The van der Waals surface area contributed by atoms with E-state index in [-0.39, 0.29) is 6.10 Å². The molecule has 1 N–H and O–H groups in total. The maximum Gasteiger partial charge on any atom is 0.0546 e. The van der Waals surface area contributed by atoms with Crippen LogP contribution in [-0.2, 0) is 0 Å². The average Bonchev–Trinajstić information content (AvgIpc) is 2.02. The van der Waals surface area contributed by atoms with Crippen molar-refractivity contribution < 1.29 is 5.11 Å². The van der Waals surface area contributed by atoms with E-state index in [0.717, 1.165) is 25.9 Å². The van der Waals surface area contributed by atoms with Gasteiger partial charge in [-0.25, -0.2) is 0 Å². The van der Waals surface area contributed by atoms with Crippen LogP contribution in [0.5, 0.6) is 0 Å². The first-order valence-electron chi connectivity index (χ1n) is 4.60. The molecule has 0 radical (unpaired) electrons. The normalized spacial score (nSPS) is 26.7. The molecule has 0 aliphatic heterocycles. The minimum absolute atomic E-state index is 0.0736. The van der Waals surface area contributed by atoms with Gasteiger partial charge in [-0.05, 0) is 31.3 Å². The Morgan fingerprint density at radius 1 is 1.62 bits per heavy atom. The zero-order valence-corrected chi connectivity index (χ0v) is 7.93. The average molecular weight is 184 g/mol. The summed E-state index contributed by atoms with van der Waals surface area (Å²) in [4.78, 5) is 4.84. The molecule has 5 nitrogen and oxygen atoms in total. The van der Waals surface area contributed by atoms with Crippen molar-refractivity contribution in [3.8, 4) is 0 Å². The van der Waals surface area contributed by atoms with Crippen molar-refractivity contribution in [1.29, 1.82) is 0 Å². The quantitative estimate of drug-likeness (QED) is 0.393. The Morgan fingerprint density at radius 3 is 2.85 bits per heavy atom. The molecule has 0 heterocycles.